The lowest BCUT2D eigenvalue weighted by molar-refractivity contribution is 0.467. The predicted octanol–water partition coefficient (Wildman–Crippen LogP) is 0.804. The standard InChI is InChI=1S/C11H16N2O3S/c12-10-3-4-11(14)9(5-10)6-13-17(15,16)7-8-1-2-8/h3-5,8,13-14H,1-2,6-7,12H2. The van der Waals surface area contributed by atoms with E-state index in [4.69, 9.17) is 5.73 Å². The van der Waals surface area contributed by atoms with Crippen LogP contribution in [0.25, 0.3) is 0 Å². The SMILES string of the molecule is Nc1ccc(O)c(CNS(=O)(=O)CC2CC2)c1. The second kappa shape index (κ2) is 4.54. The third kappa shape index (κ3) is 3.61. The first-order chi connectivity index (χ1) is 7.96. The molecule has 1 aromatic carbocycles. The zero-order valence-electron chi connectivity index (χ0n) is 9.39. The highest BCUT2D eigenvalue weighted by Crippen LogP contribution is 2.30. The van der Waals surface area contributed by atoms with Crippen LogP contribution in [0.1, 0.15) is 18.4 Å². The van der Waals surface area contributed by atoms with Gasteiger partial charge in [0.15, 0.2) is 0 Å². The normalized spacial score (nSPS) is 16.0. The fourth-order valence-electron chi connectivity index (χ4n) is 1.59. The summed E-state index contributed by atoms with van der Waals surface area (Å²) in [4.78, 5) is 0. The average molecular weight is 256 g/mol. The van der Waals surface area contributed by atoms with Crippen molar-refractivity contribution in [1.82, 2.24) is 4.72 Å². The summed E-state index contributed by atoms with van der Waals surface area (Å²) in [5.41, 5.74) is 6.56. The maximum atomic E-state index is 11.6. The molecular weight excluding hydrogens is 240 g/mol. The van der Waals surface area contributed by atoms with Crippen LogP contribution < -0.4 is 10.5 Å². The molecule has 1 aliphatic carbocycles. The maximum absolute atomic E-state index is 11.6. The number of hydrogen-bond donors (Lipinski definition) is 3. The quantitative estimate of drug-likeness (QED) is 0.537. The summed E-state index contributed by atoms with van der Waals surface area (Å²) in [7, 11) is -3.25. The van der Waals surface area contributed by atoms with Gasteiger partial charge in [0.05, 0.1) is 5.75 Å². The largest absolute Gasteiger partial charge is 0.508 e. The third-order valence-electron chi connectivity index (χ3n) is 2.74. The van der Waals surface area contributed by atoms with Crippen LogP contribution in [-0.4, -0.2) is 19.3 Å². The van der Waals surface area contributed by atoms with E-state index in [1.54, 1.807) is 12.1 Å². The van der Waals surface area contributed by atoms with Gasteiger partial charge in [-0.15, -0.1) is 0 Å². The van der Waals surface area contributed by atoms with Gasteiger partial charge in [0.2, 0.25) is 10.0 Å². The van der Waals surface area contributed by atoms with Crippen LogP contribution in [0.3, 0.4) is 0 Å². The number of benzene rings is 1. The van der Waals surface area contributed by atoms with Crippen LogP contribution in [0.5, 0.6) is 5.75 Å². The fourth-order valence-corrected chi connectivity index (χ4v) is 3.04. The molecule has 0 heterocycles. The highest BCUT2D eigenvalue weighted by atomic mass is 32.2. The van der Waals surface area contributed by atoms with Crippen LogP contribution in [0, 0.1) is 5.92 Å². The number of sulfonamides is 1. The van der Waals surface area contributed by atoms with Gasteiger partial charge in [-0.2, -0.15) is 0 Å². The van der Waals surface area contributed by atoms with E-state index in [2.05, 4.69) is 4.72 Å². The Morgan fingerprint density at radius 1 is 1.41 bits per heavy atom. The molecule has 6 heteroatoms. The van der Waals surface area contributed by atoms with Gasteiger partial charge in [-0.1, -0.05) is 0 Å². The zero-order chi connectivity index (χ0) is 12.5. The first kappa shape index (κ1) is 12.2. The van der Waals surface area contributed by atoms with Gasteiger partial charge in [-0.3, -0.25) is 0 Å². The maximum Gasteiger partial charge on any atom is 0.212 e. The number of hydrogen-bond acceptors (Lipinski definition) is 4. The van der Waals surface area contributed by atoms with Crippen molar-refractivity contribution in [3.05, 3.63) is 23.8 Å². The van der Waals surface area contributed by atoms with Gasteiger partial charge in [-0.25, -0.2) is 13.1 Å². The second-order valence-electron chi connectivity index (χ2n) is 4.43. The van der Waals surface area contributed by atoms with Gasteiger partial charge in [0.25, 0.3) is 0 Å². The van der Waals surface area contributed by atoms with E-state index in [1.165, 1.54) is 6.07 Å². The number of nitrogen functional groups attached to an aromatic ring is 1. The molecule has 0 unspecified atom stereocenters. The summed E-state index contributed by atoms with van der Waals surface area (Å²) in [6.45, 7) is 0.0753. The Morgan fingerprint density at radius 2 is 2.12 bits per heavy atom. The van der Waals surface area contributed by atoms with E-state index in [9.17, 15) is 13.5 Å². The molecule has 0 aromatic heterocycles. The zero-order valence-corrected chi connectivity index (χ0v) is 10.2. The molecule has 0 spiro atoms. The Morgan fingerprint density at radius 3 is 2.76 bits per heavy atom. The van der Waals surface area contributed by atoms with Crippen LogP contribution in [-0.2, 0) is 16.6 Å². The summed E-state index contributed by atoms with van der Waals surface area (Å²) >= 11 is 0. The molecular formula is C11H16N2O3S. The Labute approximate surface area is 101 Å². The lowest BCUT2D eigenvalue weighted by Gasteiger charge is -2.08. The monoisotopic (exact) mass is 256 g/mol. The molecule has 1 fully saturated rings. The topological polar surface area (TPSA) is 92.4 Å². The van der Waals surface area contributed by atoms with Crippen molar-refractivity contribution < 1.29 is 13.5 Å². The minimum Gasteiger partial charge on any atom is -0.508 e. The Balaban J connectivity index is 1.98. The summed E-state index contributed by atoms with van der Waals surface area (Å²) in [5.74, 6) is 0.533. The molecule has 0 amide bonds. The summed E-state index contributed by atoms with van der Waals surface area (Å²) < 4.78 is 25.7. The summed E-state index contributed by atoms with van der Waals surface area (Å²) in [6.07, 6.45) is 1.98. The molecule has 0 atom stereocenters. The molecule has 0 bridgehead atoms. The van der Waals surface area contributed by atoms with Gasteiger partial charge in [0.1, 0.15) is 5.75 Å². The number of anilines is 1. The van der Waals surface area contributed by atoms with Crippen molar-refractivity contribution in [3.8, 4) is 5.75 Å². The van der Waals surface area contributed by atoms with E-state index in [0.29, 0.717) is 17.2 Å². The molecule has 5 nitrogen and oxygen atoms in total. The van der Waals surface area contributed by atoms with Crippen molar-refractivity contribution in [2.24, 2.45) is 5.92 Å². The first-order valence-electron chi connectivity index (χ1n) is 5.51. The third-order valence-corrected chi connectivity index (χ3v) is 4.23. The van der Waals surface area contributed by atoms with Crippen molar-refractivity contribution in [1.29, 1.82) is 0 Å². The molecule has 1 aliphatic rings. The van der Waals surface area contributed by atoms with Gasteiger partial charge in [0, 0.05) is 17.8 Å². The molecule has 2 rings (SSSR count). The number of phenols is 1. The predicted molar refractivity (Wildman–Crippen MR) is 65.9 cm³/mol. The number of phenolic OH excluding ortho intramolecular Hbond substituents is 1. The molecule has 1 saturated carbocycles. The lowest BCUT2D eigenvalue weighted by atomic mass is 10.2. The number of aromatic hydroxyl groups is 1. The molecule has 0 saturated heterocycles. The van der Waals surface area contributed by atoms with Crippen molar-refractivity contribution in [3.63, 3.8) is 0 Å². The van der Waals surface area contributed by atoms with E-state index < -0.39 is 10.0 Å². The lowest BCUT2D eigenvalue weighted by Crippen LogP contribution is -2.26. The molecule has 94 valence electrons. The molecule has 0 radical (unpaired) electrons. The average Bonchev–Trinajstić information content (AvgIpc) is 3.03. The summed E-state index contributed by atoms with van der Waals surface area (Å²) in [6, 6.07) is 4.59. The Hall–Kier alpha value is -1.27. The van der Waals surface area contributed by atoms with Crippen molar-refractivity contribution >= 4 is 15.7 Å². The smallest absolute Gasteiger partial charge is 0.212 e. The number of rotatable bonds is 5. The van der Waals surface area contributed by atoms with Crippen LogP contribution >= 0.6 is 0 Å². The fraction of sp³-hybridized carbons (Fsp3) is 0.455. The van der Waals surface area contributed by atoms with E-state index in [0.717, 1.165) is 12.8 Å². The van der Waals surface area contributed by atoms with Crippen molar-refractivity contribution in [2.75, 3.05) is 11.5 Å². The van der Waals surface area contributed by atoms with Crippen LogP contribution in [0.4, 0.5) is 5.69 Å². The molecule has 1 aromatic rings. The minimum atomic E-state index is -3.25. The van der Waals surface area contributed by atoms with Gasteiger partial charge in [-0.05, 0) is 37.0 Å². The highest BCUT2D eigenvalue weighted by molar-refractivity contribution is 7.89. The van der Waals surface area contributed by atoms with Crippen LogP contribution in [0.15, 0.2) is 18.2 Å². The summed E-state index contributed by atoms with van der Waals surface area (Å²) in [5, 5.41) is 9.54. The number of nitrogens with two attached hydrogens (primary N) is 1. The number of nitrogens with one attached hydrogen (secondary N) is 1. The van der Waals surface area contributed by atoms with E-state index in [-0.39, 0.29) is 18.0 Å². The molecule has 17 heavy (non-hydrogen) atoms. The molecule has 0 aliphatic heterocycles. The van der Waals surface area contributed by atoms with E-state index >= 15 is 0 Å². The minimum absolute atomic E-state index is 0.0494. The van der Waals surface area contributed by atoms with Gasteiger partial charge < -0.3 is 10.8 Å². The second-order valence-corrected chi connectivity index (χ2v) is 6.29. The van der Waals surface area contributed by atoms with E-state index in [1.807, 2.05) is 0 Å². The Bertz CT molecular complexity index is 509. The highest BCUT2D eigenvalue weighted by Gasteiger charge is 2.27. The Kier molecular flexibility index (Phi) is 3.26. The van der Waals surface area contributed by atoms with Crippen molar-refractivity contribution in [2.45, 2.75) is 19.4 Å². The van der Waals surface area contributed by atoms with Gasteiger partial charge >= 0.3 is 0 Å². The first-order valence-corrected chi connectivity index (χ1v) is 7.16. The molecule has 4 N–H and O–H groups in total. The van der Waals surface area contributed by atoms with Crippen LogP contribution in [0.2, 0.25) is 0 Å².